The smallest absolute Gasteiger partial charge is 0.139 e. The Labute approximate surface area is 132 Å². The van der Waals surface area contributed by atoms with Gasteiger partial charge in [-0.25, -0.2) is 19.6 Å². The van der Waals surface area contributed by atoms with E-state index < -0.39 is 0 Å². The molecule has 0 unspecified atom stereocenters. The molecular weight excluding hydrogens is 300 g/mol. The van der Waals surface area contributed by atoms with Crippen molar-refractivity contribution in [2.24, 2.45) is 0 Å². The second kappa shape index (κ2) is 5.53. The lowest BCUT2D eigenvalue weighted by molar-refractivity contribution is 0.374. The van der Waals surface area contributed by atoms with Crippen LogP contribution in [0.15, 0.2) is 37.2 Å². The van der Waals surface area contributed by atoms with Gasteiger partial charge in [-0.2, -0.15) is 5.10 Å². The summed E-state index contributed by atoms with van der Waals surface area (Å²) in [4.78, 5) is 15.2. The molecule has 6 nitrogen and oxygen atoms in total. The molecule has 1 fully saturated rings. The lowest BCUT2D eigenvalue weighted by atomic mass is 10.1. The first-order valence-electron chi connectivity index (χ1n) is 7.30. The Bertz CT molecular complexity index is 788. The van der Waals surface area contributed by atoms with Gasteiger partial charge in [0.15, 0.2) is 0 Å². The van der Waals surface area contributed by atoms with E-state index in [9.17, 15) is 0 Å². The normalized spacial score (nSPS) is 18.8. The van der Waals surface area contributed by atoms with Gasteiger partial charge in [0.2, 0.25) is 0 Å². The fraction of sp³-hybridized carbons (Fsp3) is 0.333. The molecule has 0 spiro atoms. The summed E-state index contributed by atoms with van der Waals surface area (Å²) in [6.45, 7) is 1.86. The highest BCUT2D eigenvalue weighted by Crippen LogP contribution is 2.29. The maximum atomic E-state index is 6.05. The molecule has 0 amide bonds. The van der Waals surface area contributed by atoms with Crippen molar-refractivity contribution in [1.29, 1.82) is 0 Å². The molecule has 1 atom stereocenters. The average molecular weight is 315 g/mol. The fourth-order valence-corrected chi connectivity index (χ4v) is 3.20. The Morgan fingerprint density at radius 2 is 2.14 bits per heavy atom. The van der Waals surface area contributed by atoms with Gasteiger partial charge in [-0.05, 0) is 31.0 Å². The van der Waals surface area contributed by atoms with Crippen molar-refractivity contribution in [1.82, 2.24) is 24.7 Å². The van der Waals surface area contributed by atoms with E-state index in [2.05, 4.69) is 25.0 Å². The van der Waals surface area contributed by atoms with Crippen molar-refractivity contribution >= 4 is 28.3 Å². The number of hydrogen-bond acceptors (Lipinski definition) is 5. The molecule has 112 valence electrons. The first kappa shape index (κ1) is 13.5. The van der Waals surface area contributed by atoms with Gasteiger partial charge in [0.1, 0.15) is 24.8 Å². The SMILES string of the molecule is Clc1ccc2c(N3CCC[C@H](n4cncn4)C3)ncnc2c1. The van der Waals surface area contributed by atoms with Crippen LogP contribution in [0.2, 0.25) is 5.02 Å². The zero-order valence-corrected chi connectivity index (χ0v) is 12.7. The number of nitrogens with zero attached hydrogens (tertiary/aromatic N) is 6. The Hall–Kier alpha value is -2.21. The van der Waals surface area contributed by atoms with Crippen molar-refractivity contribution in [3.8, 4) is 0 Å². The van der Waals surface area contributed by atoms with Crippen molar-refractivity contribution in [2.45, 2.75) is 18.9 Å². The molecule has 4 rings (SSSR count). The highest BCUT2D eigenvalue weighted by Gasteiger charge is 2.24. The molecule has 0 N–H and O–H groups in total. The summed E-state index contributed by atoms with van der Waals surface area (Å²) in [5.41, 5.74) is 0.875. The molecule has 7 heteroatoms. The topological polar surface area (TPSA) is 59.7 Å². The molecule has 0 aliphatic carbocycles. The zero-order chi connectivity index (χ0) is 14.9. The van der Waals surface area contributed by atoms with Crippen molar-refractivity contribution in [2.75, 3.05) is 18.0 Å². The monoisotopic (exact) mass is 314 g/mol. The predicted octanol–water partition coefficient (Wildman–Crippen LogP) is 2.72. The number of anilines is 1. The van der Waals surface area contributed by atoms with Crippen LogP contribution in [0.5, 0.6) is 0 Å². The zero-order valence-electron chi connectivity index (χ0n) is 11.9. The van der Waals surface area contributed by atoms with E-state index in [1.54, 1.807) is 19.0 Å². The number of piperidine rings is 1. The van der Waals surface area contributed by atoms with Gasteiger partial charge < -0.3 is 4.90 Å². The third-order valence-corrected chi connectivity index (χ3v) is 4.32. The van der Waals surface area contributed by atoms with Crippen LogP contribution in [0.4, 0.5) is 5.82 Å². The van der Waals surface area contributed by atoms with Crippen LogP contribution in [0.3, 0.4) is 0 Å². The van der Waals surface area contributed by atoms with Crippen molar-refractivity contribution in [3.05, 3.63) is 42.2 Å². The Morgan fingerprint density at radius 1 is 1.18 bits per heavy atom. The van der Waals surface area contributed by atoms with E-state index in [1.807, 2.05) is 22.9 Å². The van der Waals surface area contributed by atoms with E-state index in [0.717, 1.165) is 42.7 Å². The Kier molecular flexibility index (Phi) is 3.38. The molecule has 1 aliphatic heterocycles. The van der Waals surface area contributed by atoms with Crippen molar-refractivity contribution in [3.63, 3.8) is 0 Å². The minimum absolute atomic E-state index is 0.327. The number of hydrogen-bond donors (Lipinski definition) is 0. The molecule has 3 heterocycles. The molecule has 22 heavy (non-hydrogen) atoms. The summed E-state index contributed by atoms with van der Waals surface area (Å²) < 4.78 is 1.94. The van der Waals surface area contributed by atoms with Crippen LogP contribution in [-0.2, 0) is 0 Å². The van der Waals surface area contributed by atoms with Gasteiger partial charge in [-0.15, -0.1) is 0 Å². The molecule has 0 radical (unpaired) electrons. The number of fused-ring (bicyclic) bond motifs is 1. The highest BCUT2D eigenvalue weighted by molar-refractivity contribution is 6.31. The van der Waals surface area contributed by atoms with Crippen LogP contribution >= 0.6 is 11.6 Å². The lowest BCUT2D eigenvalue weighted by Crippen LogP contribution is -2.37. The highest BCUT2D eigenvalue weighted by atomic mass is 35.5. The summed E-state index contributed by atoms with van der Waals surface area (Å²) in [5.74, 6) is 0.964. The van der Waals surface area contributed by atoms with Gasteiger partial charge in [-0.3, -0.25) is 0 Å². The first-order chi connectivity index (χ1) is 10.8. The average Bonchev–Trinajstić information content (AvgIpc) is 3.08. The van der Waals surface area contributed by atoms with Gasteiger partial charge >= 0.3 is 0 Å². The summed E-state index contributed by atoms with van der Waals surface area (Å²) in [5, 5.41) is 6.00. The number of halogens is 1. The van der Waals surface area contributed by atoms with Gasteiger partial charge in [0, 0.05) is 23.5 Å². The van der Waals surface area contributed by atoms with Crippen LogP contribution in [-0.4, -0.2) is 37.8 Å². The van der Waals surface area contributed by atoms with Crippen LogP contribution in [0.1, 0.15) is 18.9 Å². The maximum Gasteiger partial charge on any atom is 0.139 e. The summed E-state index contributed by atoms with van der Waals surface area (Å²) in [7, 11) is 0. The van der Waals surface area contributed by atoms with E-state index in [0.29, 0.717) is 11.1 Å². The summed E-state index contributed by atoms with van der Waals surface area (Å²) >= 11 is 6.05. The number of rotatable bonds is 2. The Morgan fingerprint density at radius 3 is 3.00 bits per heavy atom. The molecule has 2 aromatic heterocycles. The Balaban J connectivity index is 1.69. The molecular formula is C15H15ClN6. The van der Waals surface area contributed by atoms with Gasteiger partial charge in [-0.1, -0.05) is 11.6 Å². The summed E-state index contributed by atoms with van der Waals surface area (Å²) in [6.07, 6.45) is 7.18. The second-order valence-corrected chi connectivity index (χ2v) is 5.91. The van der Waals surface area contributed by atoms with E-state index in [1.165, 1.54) is 0 Å². The molecule has 1 aliphatic rings. The predicted molar refractivity (Wildman–Crippen MR) is 85.1 cm³/mol. The minimum Gasteiger partial charge on any atom is -0.354 e. The van der Waals surface area contributed by atoms with Crippen molar-refractivity contribution < 1.29 is 0 Å². The van der Waals surface area contributed by atoms with Gasteiger partial charge in [0.05, 0.1) is 11.6 Å². The standard InChI is InChI=1S/C15H15ClN6/c16-11-3-4-13-14(6-11)18-9-19-15(13)21-5-1-2-12(7-21)22-10-17-8-20-22/h3-4,6,8-10,12H,1-2,5,7H2/t12-/m0/s1. The third-order valence-electron chi connectivity index (χ3n) is 4.08. The molecule has 0 saturated carbocycles. The van der Waals surface area contributed by atoms with Gasteiger partial charge in [0.25, 0.3) is 0 Å². The van der Waals surface area contributed by atoms with E-state index in [-0.39, 0.29) is 0 Å². The molecule has 1 saturated heterocycles. The van der Waals surface area contributed by atoms with E-state index >= 15 is 0 Å². The van der Waals surface area contributed by atoms with E-state index in [4.69, 9.17) is 11.6 Å². The largest absolute Gasteiger partial charge is 0.354 e. The number of aromatic nitrogens is 5. The molecule has 1 aromatic carbocycles. The third kappa shape index (κ3) is 2.39. The molecule has 0 bridgehead atoms. The quantitative estimate of drug-likeness (QED) is 0.728. The number of benzene rings is 1. The van der Waals surface area contributed by atoms with Crippen LogP contribution < -0.4 is 4.90 Å². The fourth-order valence-electron chi connectivity index (χ4n) is 3.04. The summed E-state index contributed by atoms with van der Waals surface area (Å²) in [6, 6.07) is 6.08. The second-order valence-electron chi connectivity index (χ2n) is 5.48. The minimum atomic E-state index is 0.327. The lowest BCUT2D eigenvalue weighted by Gasteiger charge is -2.33. The maximum absolute atomic E-state index is 6.05. The first-order valence-corrected chi connectivity index (χ1v) is 7.68. The van der Waals surface area contributed by atoms with Crippen LogP contribution in [0, 0.1) is 0 Å². The molecule has 3 aromatic rings. The van der Waals surface area contributed by atoms with Crippen LogP contribution in [0.25, 0.3) is 10.9 Å².